The van der Waals surface area contributed by atoms with Crippen molar-refractivity contribution in [2.75, 3.05) is 0 Å². The highest BCUT2D eigenvalue weighted by Gasteiger charge is 2.35. The first-order valence-corrected chi connectivity index (χ1v) is 10.6. The minimum atomic E-state index is 0.0390. The maximum atomic E-state index is 2.43. The third-order valence-electron chi connectivity index (χ3n) is 6.59. The summed E-state index contributed by atoms with van der Waals surface area (Å²) in [6.07, 6.45) is 0. The highest BCUT2D eigenvalue weighted by Crippen LogP contribution is 2.50. The number of aryl methyl sites for hydroxylation is 1. The molecule has 0 radical (unpaired) electrons. The van der Waals surface area contributed by atoms with Crippen LogP contribution in [0.1, 0.15) is 81.2 Å². The maximum Gasteiger partial charge on any atom is 0.0159 e. The summed E-state index contributed by atoms with van der Waals surface area (Å²) in [5.41, 5.74) is 12.7. The molecule has 144 valence electrons. The van der Waals surface area contributed by atoms with Crippen molar-refractivity contribution in [1.82, 2.24) is 0 Å². The molecule has 3 aromatic rings. The van der Waals surface area contributed by atoms with E-state index >= 15 is 0 Å². The van der Waals surface area contributed by atoms with Crippen molar-refractivity contribution in [3.05, 3.63) is 82.4 Å². The zero-order valence-corrected chi connectivity index (χ0v) is 18.4. The van der Waals surface area contributed by atoms with Crippen LogP contribution in [0.4, 0.5) is 0 Å². The van der Waals surface area contributed by atoms with Gasteiger partial charge in [-0.1, -0.05) is 90.1 Å². The van der Waals surface area contributed by atoms with Crippen LogP contribution in [0.3, 0.4) is 0 Å². The van der Waals surface area contributed by atoms with E-state index in [0.717, 1.165) is 0 Å². The predicted octanol–water partition coefficient (Wildman–Crippen LogP) is 8.22. The molecule has 0 saturated carbocycles. The Bertz CT molecular complexity index is 1050. The van der Waals surface area contributed by atoms with Crippen molar-refractivity contribution in [1.29, 1.82) is 0 Å². The third-order valence-corrected chi connectivity index (χ3v) is 6.59. The highest BCUT2D eigenvalue weighted by molar-refractivity contribution is 5.84. The number of fused-ring (bicyclic) bond motifs is 3. The largest absolute Gasteiger partial charge is 0.0587 e. The molecule has 0 atom stereocenters. The first-order valence-electron chi connectivity index (χ1n) is 10.6. The van der Waals surface area contributed by atoms with Crippen LogP contribution in [0.15, 0.2) is 54.6 Å². The fourth-order valence-corrected chi connectivity index (χ4v) is 4.65. The molecule has 0 heteroatoms. The van der Waals surface area contributed by atoms with Crippen molar-refractivity contribution < 1.29 is 0 Å². The Morgan fingerprint density at radius 1 is 0.607 bits per heavy atom. The molecule has 0 N–H and O–H groups in total. The summed E-state index contributed by atoms with van der Waals surface area (Å²) in [7, 11) is 0. The number of benzene rings is 3. The van der Waals surface area contributed by atoms with Gasteiger partial charge in [-0.15, -0.1) is 0 Å². The Balaban J connectivity index is 1.83. The maximum absolute atomic E-state index is 2.43. The smallest absolute Gasteiger partial charge is 0.0159 e. The van der Waals surface area contributed by atoms with Crippen LogP contribution < -0.4 is 0 Å². The topological polar surface area (TPSA) is 0 Å². The fourth-order valence-electron chi connectivity index (χ4n) is 4.65. The minimum absolute atomic E-state index is 0.0390. The molecule has 0 fully saturated rings. The van der Waals surface area contributed by atoms with E-state index in [0.29, 0.717) is 11.8 Å². The Morgan fingerprint density at radius 2 is 1.11 bits per heavy atom. The molecule has 0 aliphatic heterocycles. The number of hydrogen-bond donors (Lipinski definition) is 0. The van der Waals surface area contributed by atoms with E-state index in [2.05, 4.69) is 103 Å². The average molecular weight is 369 g/mol. The summed E-state index contributed by atoms with van der Waals surface area (Å²) in [5.74, 6) is 1.12. The zero-order chi connectivity index (χ0) is 20.2. The second-order valence-electron chi connectivity index (χ2n) is 9.57. The van der Waals surface area contributed by atoms with Crippen LogP contribution in [0.25, 0.3) is 22.3 Å². The van der Waals surface area contributed by atoms with Crippen LogP contribution >= 0.6 is 0 Å². The van der Waals surface area contributed by atoms with Crippen molar-refractivity contribution in [2.45, 2.75) is 65.7 Å². The summed E-state index contributed by atoms with van der Waals surface area (Å²) in [4.78, 5) is 0. The molecule has 0 unspecified atom stereocenters. The SMILES string of the molecule is Cc1cc(C(C)C)ccc1-c1ccc2c(c1)C(C)(C)c1cc(C(C)C)ccc1-2. The van der Waals surface area contributed by atoms with Crippen LogP contribution in [0.5, 0.6) is 0 Å². The molecule has 0 bridgehead atoms. The normalized spacial score (nSPS) is 14.5. The Hall–Kier alpha value is -2.34. The second kappa shape index (κ2) is 6.62. The van der Waals surface area contributed by atoms with Crippen LogP contribution in [0.2, 0.25) is 0 Å². The van der Waals surface area contributed by atoms with Crippen LogP contribution in [-0.4, -0.2) is 0 Å². The number of rotatable bonds is 3. The number of hydrogen-bond acceptors (Lipinski definition) is 0. The van der Waals surface area contributed by atoms with Gasteiger partial charge >= 0.3 is 0 Å². The summed E-state index contributed by atoms with van der Waals surface area (Å²) in [6, 6.07) is 21.1. The first kappa shape index (κ1) is 19.0. The molecule has 0 amide bonds. The Kier molecular flexibility index (Phi) is 4.49. The quantitative estimate of drug-likeness (QED) is 0.437. The van der Waals surface area contributed by atoms with E-state index in [1.165, 1.54) is 50.1 Å². The summed E-state index contributed by atoms with van der Waals surface area (Å²) in [6.45, 7) is 16.1. The molecule has 28 heavy (non-hydrogen) atoms. The molecule has 1 aliphatic carbocycles. The Labute approximate surface area is 170 Å². The predicted molar refractivity (Wildman–Crippen MR) is 122 cm³/mol. The molecule has 0 heterocycles. The van der Waals surface area contributed by atoms with Gasteiger partial charge in [0.05, 0.1) is 0 Å². The molecule has 0 saturated heterocycles. The molecular formula is C28H32. The third kappa shape index (κ3) is 2.91. The summed E-state index contributed by atoms with van der Waals surface area (Å²) < 4.78 is 0. The van der Waals surface area contributed by atoms with Gasteiger partial charge in [0.15, 0.2) is 0 Å². The van der Waals surface area contributed by atoms with E-state index in [4.69, 9.17) is 0 Å². The molecule has 0 nitrogen and oxygen atoms in total. The summed E-state index contributed by atoms with van der Waals surface area (Å²) >= 11 is 0. The van der Waals surface area contributed by atoms with Crippen LogP contribution in [0, 0.1) is 6.92 Å². The average Bonchev–Trinajstić information content (AvgIpc) is 2.88. The summed E-state index contributed by atoms with van der Waals surface area (Å²) in [5, 5.41) is 0. The molecule has 3 aromatic carbocycles. The van der Waals surface area contributed by atoms with Crippen molar-refractivity contribution in [3.8, 4) is 22.3 Å². The van der Waals surface area contributed by atoms with Crippen LogP contribution in [-0.2, 0) is 5.41 Å². The van der Waals surface area contributed by atoms with Gasteiger partial charge in [-0.05, 0) is 74.9 Å². The molecular weight excluding hydrogens is 336 g/mol. The lowest BCUT2D eigenvalue weighted by molar-refractivity contribution is 0.658. The van der Waals surface area contributed by atoms with E-state index in [1.807, 2.05) is 0 Å². The van der Waals surface area contributed by atoms with E-state index in [-0.39, 0.29) is 5.41 Å². The molecule has 0 aromatic heterocycles. The van der Waals surface area contributed by atoms with Gasteiger partial charge in [-0.3, -0.25) is 0 Å². The first-order chi connectivity index (χ1) is 13.2. The molecule has 1 aliphatic rings. The fraction of sp³-hybridized carbons (Fsp3) is 0.357. The molecule has 4 rings (SSSR count). The van der Waals surface area contributed by atoms with Gasteiger partial charge in [-0.25, -0.2) is 0 Å². The standard InChI is InChI=1S/C28H32/c1-17(2)20-8-11-23(19(5)14-20)22-10-13-25-24-12-9-21(18(3)4)15-26(24)28(6,7)27(25)16-22/h8-18H,1-7H3. The lowest BCUT2D eigenvalue weighted by Gasteiger charge is -2.23. The monoisotopic (exact) mass is 368 g/mol. The van der Waals surface area contributed by atoms with Crippen molar-refractivity contribution in [3.63, 3.8) is 0 Å². The molecule has 0 spiro atoms. The van der Waals surface area contributed by atoms with Crippen molar-refractivity contribution >= 4 is 0 Å². The van der Waals surface area contributed by atoms with Gasteiger partial charge in [0, 0.05) is 5.41 Å². The van der Waals surface area contributed by atoms with E-state index in [9.17, 15) is 0 Å². The lowest BCUT2D eigenvalue weighted by atomic mass is 9.80. The van der Waals surface area contributed by atoms with Gasteiger partial charge in [0.2, 0.25) is 0 Å². The Morgan fingerprint density at radius 3 is 1.68 bits per heavy atom. The highest BCUT2D eigenvalue weighted by atomic mass is 14.4. The second-order valence-corrected chi connectivity index (χ2v) is 9.57. The van der Waals surface area contributed by atoms with Gasteiger partial charge < -0.3 is 0 Å². The minimum Gasteiger partial charge on any atom is -0.0587 e. The van der Waals surface area contributed by atoms with Crippen molar-refractivity contribution in [2.24, 2.45) is 0 Å². The zero-order valence-electron chi connectivity index (χ0n) is 18.4. The van der Waals surface area contributed by atoms with Gasteiger partial charge in [0.25, 0.3) is 0 Å². The van der Waals surface area contributed by atoms with Gasteiger partial charge in [0.1, 0.15) is 0 Å². The van der Waals surface area contributed by atoms with Gasteiger partial charge in [-0.2, -0.15) is 0 Å². The van der Waals surface area contributed by atoms with E-state index < -0.39 is 0 Å². The van der Waals surface area contributed by atoms with E-state index in [1.54, 1.807) is 0 Å². The lowest BCUT2D eigenvalue weighted by Crippen LogP contribution is -2.15.